The molecule has 7 heteroatoms. The van der Waals surface area contributed by atoms with E-state index in [1.54, 1.807) is 39.0 Å². The molecule has 2 rings (SSSR count). The second kappa shape index (κ2) is 7.42. The Morgan fingerprint density at radius 1 is 1.29 bits per heavy atom. The number of rotatable bonds is 4. The normalized spacial score (nSPS) is 17.5. The Balaban J connectivity index is 1.91. The standard InChI is InChI=1S/C17H22N2O5/c1-17(2,3)24-16(22)19-10-6-8-13(19)15(21)23-11-14(20)12-7-4-5-9-18-12/h4-5,7,9,13H,6,8,10-11H2,1-3H3/t13-/m0/s1. The molecule has 24 heavy (non-hydrogen) atoms. The number of likely N-dealkylation sites (tertiary alicyclic amines) is 1. The number of Topliss-reactive ketones (excluding diaryl/α,β-unsaturated/α-hetero) is 1. The van der Waals surface area contributed by atoms with Crippen LogP contribution in [0.25, 0.3) is 0 Å². The van der Waals surface area contributed by atoms with Crippen LogP contribution in [0.5, 0.6) is 0 Å². The zero-order chi connectivity index (χ0) is 17.7. The molecule has 1 atom stereocenters. The highest BCUT2D eigenvalue weighted by Crippen LogP contribution is 2.21. The van der Waals surface area contributed by atoms with E-state index in [2.05, 4.69) is 4.98 Å². The quantitative estimate of drug-likeness (QED) is 0.620. The predicted molar refractivity (Wildman–Crippen MR) is 85.5 cm³/mol. The van der Waals surface area contributed by atoms with Crippen molar-refractivity contribution in [1.29, 1.82) is 0 Å². The van der Waals surface area contributed by atoms with Crippen molar-refractivity contribution in [2.75, 3.05) is 13.2 Å². The Morgan fingerprint density at radius 3 is 2.67 bits per heavy atom. The van der Waals surface area contributed by atoms with Crippen molar-refractivity contribution in [2.45, 2.75) is 45.3 Å². The van der Waals surface area contributed by atoms with Gasteiger partial charge in [-0.15, -0.1) is 0 Å². The van der Waals surface area contributed by atoms with Crippen molar-refractivity contribution < 1.29 is 23.9 Å². The van der Waals surface area contributed by atoms with Crippen LogP contribution in [0, 0.1) is 0 Å². The van der Waals surface area contributed by atoms with E-state index in [4.69, 9.17) is 9.47 Å². The lowest BCUT2D eigenvalue weighted by Gasteiger charge is -2.27. The summed E-state index contributed by atoms with van der Waals surface area (Å²) in [7, 11) is 0. The van der Waals surface area contributed by atoms with Crippen LogP contribution in [0.2, 0.25) is 0 Å². The minimum Gasteiger partial charge on any atom is -0.456 e. The predicted octanol–water partition coefficient (Wildman–Crippen LogP) is 2.21. The van der Waals surface area contributed by atoms with Gasteiger partial charge in [-0.05, 0) is 45.7 Å². The third-order valence-electron chi connectivity index (χ3n) is 3.45. The zero-order valence-electron chi connectivity index (χ0n) is 14.2. The van der Waals surface area contributed by atoms with Crippen molar-refractivity contribution in [3.05, 3.63) is 30.1 Å². The maximum Gasteiger partial charge on any atom is 0.411 e. The van der Waals surface area contributed by atoms with Gasteiger partial charge in [0.25, 0.3) is 0 Å². The van der Waals surface area contributed by atoms with Gasteiger partial charge in [0.05, 0.1) is 0 Å². The van der Waals surface area contributed by atoms with Crippen molar-refractivity contribution >= 4 is 17.8 Å². The van der Waals surface area contributed by atoms with Gasteiger partial charge in [0, 0.05) is 12.7 Å². The van der Waals surface area contributed by atoms with Gasteiger partial charge < -0.3 is 9.47 Å². The Kier molecular flexibility index (Phi) is 5.54. The van der Waals surface area contributed by atoms with Crippen molar-refractivity contribution in [1.82, 2.24) is 9.88 Å². The number of carbonyl (C=O) groups is 3. The van der Waals surface area contributed by atoms with Gasteiger partial charge in [-0.1, -0.05) is 6.07 Å². The lowest BCUT2D eigenvalue weighted by Crippen LogP contribution is -2.44. The molecule has 2 heterocycles. The molecule has 7 nitrogen and oxygen atoms in total. The molecule has 0 spiro atoms. The molecule has 1 aromatic rings. The molecular formula is C17H22N2O5. The van der Waals surface area contributed by atoms with E-state index in [-0.39, 0.29) is 11.5 Å². The first-order chi connectivity index (χ1) is 11.3. The molecule has 0 aliphatic carbocycles. The molecule has 0 radical (unpaired) electrons. The highest BCUT2D eigenvalue weighted by molar-refractivity contribution is 5.96. The topological polar surface area (TPSA) is 85.8 Å². The first-order valence-corrected chi connectivity index (χ1v) is 7.88. The van der Waals surface area contributed by atoms with Crippen LogP contribution >= 0.6 is 0 Å². The van der Waals surface area contributed by atoms with Crippen LogP contribution in [-0.4, -0.2) is 52.5 Å². The summed E-state index contributed by atoms with van der Waals surface area (Å²) in [6.45, 7) is 5.33. The van der Waals surface area contributed by atoms with Crippen molar-refractivity contribution in [3.8, 4) is 0 Å². The van der Waals surface area contributed by atoms with Crippen LogP contribution in [0.3, 0.4) is 0 Å². The van der Waals surface area contributed by atoms with Crippen LogP contribution in [0.1, 0.15) is 44.1 Å². The fourth-order valence-electron chi connectivity index (χ4n) is 2.39. The van der Waals surface area contributed by atoms with Crippen LogP contribution < -0.4 is 0 Å². The SMILES string of the molecule is CC(C)(C)OC(=O)N1CCC[C@H]1C(=O)OCC(=O)c1ccccn1. The molecule has 130 valence electrons. The molecular weight excluding hydrogens is 312 g/mol. The second-order valence-corrected chi connectivity index (χ2v) is 6.58. The fraction of sp³-hybridized carbons (Fsp3) is 0.529. The molecule has 0 aromatic carbocycles. The number of ketones is 1. The average Bonchev–Trinajstić information content (AvgIpc) is 3.01. The van der Waals surface area contributed by atoms with E-state index in [0.29, 0.717) is 19.4 Å². The monoisotopic (exact) mass is 334 g/mol. The number of nitrogens with zero attached hydrogens (tertiary/aromatic N) is 2. The summed E-state index contributed by atoms with van der Waals surface area (Å²) >= 11 is 0. The molecule has 1 aromatic heterocycles. The van der Waals surface area contributed by atoms with E-state index in [1.165, 1.54) is 11.1 Å². The number of amides is 1. The minimum atomic E-state index is -0.712. The van der Waals surface area contributed by atoms with Gasteiger partial charge >= 0.3 is 12.1 Å². The summed E-state index contributed by atoms with van der Waals surface area (Å²) in [5.41, 5.74) is -0.399. The van der Waals surface area contributed by atoms with E-state index in [1.807, 2.05) is 0 Å². The summed E-state index contributed by atoms with van der Waals surface area (Å²) in [6.07, 6.45) is 2.14. The average molecular weight is 334 g/mol. The van der Waals surface area contributed by atoms with E-state index in [0.717, 1.165) is 0 Å². The Morgan fingerprint density at radius 2 is 2.04 bits per heavy atom. The molecule has 1 fully saturated rings. The highest BCUT2D eigenvalue weighted by atomic mass is 16.6. The van der Waals surface area contributed by atoms with Crippen LogP contribution in [0.4, 0.5) is 4.79 Å². The first kappa shape index (κ1) is 17.9. The first-order valence-electron chi connectivity index (χ1n) is 7.88. The molecule has 1 aliphatic rings. The molecule has 1 amide bonds. The van der Waals surface area contributed by atoms with E-state index in [9.17, 15) is 14.4 Å². The van der Waals surface area contributed by atoms with Crippen LogP contribution in [-0.2, 0) is 14.3 Å². The zero-order valence-corrected chi connectivity index (χ0v) is 14.2. The van der Waals surface area contributed by atoms with Crippen LogP contribution in [0.15, 0.2) is 24.4 Å². The number of ether oxygens (including phenoxy) is 2. The molecule has 0 bridgehead atoms. The Hall–Kier alpha value is -2.44. The number of hydrogen-bond donors (Lipinski definition) is 0. The third-order valence-corrected chi connectivity index (χ3v) is 3.45. The Labute approximate surface area is 140 Å². The molecule has 1 saturated heterocycles. The highest BCUT2D eigenvalue weighted by Gasteiger charge is 2.37. The second-order valence-electron chi connectivity index (χ2n) is 6.58. The fourth-order valence-corrected chi connectivity index (χ4v) is 2.39. The van der Waals surface area contributed by atoms with Gasteiger partial charge in [0.1, 0.15) is 17.3 Å². The van der Waals surface area contributed by atoms with Gasteiger partial charge in [-0.3, -0.25) is 14.7 Å². The summed E-state index contributed by atoms with van der Waals surface area (Å²) in [4.78, 5) is 41.6. The summed E-state index contributed by atoms with van der Waals surface area (Å²) < 4.78 is 10.4. The van der Waals surface area contributed by atoms with Gasteiger partial charge in [0.2, 0.25) is 5.78 Å². The third kappa shape index (κ3) is 4.78. The molecule has 1 aliphatic heterocycles. The molecule has 0 unspecified atom stereocenters. The number of hydrogen-bond acceptors (Lipinski definition) is 6. The minimum absolute atomic E-state index is 0.237. The summed E-state index contributed by atoms with van der Waals surface area (Å²) in [5, 5.41) is 0. The summed E-state index contributed by atoms with van der Waals surface area (Å²) in [6, 6.07) is 4.22. The largest absolute Gasteiger partial charge is 0.456 e. The Bertz CT molecular complexity index is 609. The lowest BCUT2D eigenvalue weighted by atomic mass is 10.2. The van der Waals surface area contributed by atoms with Gasteiger partial charge in [-0.25, -0.2) is 9.59 Å². The smallest absolute Gasteiger partial charge is 0.411 e. The summed E-state index contributed by atoms with van der Waals surface area (Å²) in [5.74, 6) is -0.978. The van der Waals surface area contributed by atoms with E-state index >= 15 is 0 Å². The number of carbonyl (C=O) groups excluding carboxylic acids is 3. The van der Waals surface area contributed by atoms with E-state index < -0.39 is 30.3 Å². The molecule has 0 N–H and O–H groups in total. The van der Waals surface area contributed by atoms with Crippen molar-refractivity contribution in [2.24, 2.45) is 0 Å². The number of aromatic nitrogens is 1. The molecule has 0 saturated carbocycles. The number of pyridine rings is 1. The maximum atomic E-state index is 12.2. The van der Waals surface area contributed by atoms with Gasteiger partial charge in [-0.2, -0.15) is 0 Å². The maximum absolute atomic E-state index is 12.2. The van der Waals surface area contributed by atoms with Crippen molar-refractivity contribution in [3.63, 3.8) is 0 Å². The lowest BCUT2D eigenvalue weighted by molar-refractivity contribution is -0.147. The number of esters is 1. The van der Waals surface area contributed by atoms with Gasteiger partial charge in [0.15, 0.2) is 6.61 Å².